The molecular weight excluding hydrogens is 1060 g/mol. The van der Waals surface area contributed by atoms with Gasteiger partial charge < -0.3 is 30.0 Å². The number of rotatable bonds is 12. The smallest absolute Gasteiger partial charge is 0.753 e. The zero-order valence-electron chi connectivity index (χ0n) is 40.5. The van der Waals surface area contributed by atoms with Crippen molar-refractivity contribution < 1.29 is 51.7 Å². The molecule has 0 saturated carbocycles. The van der Waals surface area contributed by atoms with E-state index in [0.717, 1.165) is 45.4 Å². The van der Waals surface area contributed by atoms with E-state index in [1.807, 2.05) is 91.6 Å². The molecule has 10 rings (SSSR count). The fourth-order valence-corrected chi connectivity index (χ4v) is 8.37. The summed E-state index contributed by atoms with van der Waals surface area (Å²) >= 11 is 3.70. The molecule has 17 heteroatoms. The number of carbonyl (C=O) groups excluding carboxylic acids is 2. The number of thiocarbonyl (C=S) groups is 1. The quantitative estimate of drug-likeness (QED) is 0.0494. The van der Waals surface area contributed by atoms with E-state index in [0.29, 0.717) is 47.2 Å². The monoisotopic (exact) mass is 1110 g/mol. The van der Waals surface area contributed by atoms with Gasteiger partial charge in [-0.2, -0.15) is 18.3 Å². The molecule has 1 aliphatic rings. The first-order valence-corrected chi connectivity index (χ1v) is 23.2. The Kier molecular flexibility index (Phi) is 17.3. The Labute approximate surface area is 448 Å². The summed E-state index contributed by atoms with van der Waals surface area (Å²) in [5.41, 5.74) is 13.4. The molecule has 0 N–H and O–H groups in total. The molecule has 5 heterocycles. The number of aromatic nitrogens is 6. The van der Waals surface area contributed by atoms with Crippen LogP contribution in [0.4, 0.5) is 30.2 Å². The van der Waals surface area contributed by atoms with E-state index in [1.54, 1.807) is 42.7 Å². The maximum absolute atomic E-state index is 12.9. The molecule has 75 heavy (non-hydrogen) atoms. The number of halogens is 3. The largest absolute Gasteiger partial charge is 2.00 e. The number of ether oxygens (including phenoxy) is 2. The minimum atomic E-state index is -4.54. The van der Waals surface area contributed by atoms with Crippen LogP contribution in [0.1, 0.15) is 52.9 Å². The van der Waals surface area contributed by atoms with Crippen molar-refractivity contribution >= 4 is 59.5 Å². The fourth-order valence-electron chi connectivity index (χ4n) is 8.37. The van der Waals surface area contributed by atoms with Crippen LogP contribution in [-0.2, 0) is 40.7 Å². The van der Waals surface area contributed by atoms with Crippen molar-refractivity contribution in [2.45, 2.75) is 39.3 Å². The third-order valence-corrected chi connectivity index (χ3v) is 12.0. The Morgan fingerprint density at radius 1 is 0.613 bits per heavy atom. The van der Waals surface area contributed by atoms with E-state index in [1.165, 1.54) is 33.6 Å². The molecule has 0 spiro atoms. The van der Waals surface area contributed by atoms with Gasteiger partial charge >= 0.3 is 25.7 Å². The zero-order chi connectivity index (χ0) is 52.4. The van der Waals surface area contributed by atoms with Crippen LogP contribution in [0, 0.1) is 13.8 Å². The average Bonchev–Trinajstić information content (AvgIpc) is 4.00. The number of hydrogen-bond acceptors (Lipinski definition) is 11. The number of carbonyl (C=O) groups is 2. The van der Waals surface area contributed by atoms with Gasteiger partial charge in [-0.05, 0) is 108 Å². The van der Waals surface area contributed by atoms with E-state index in [4.69, 9.17) is 19.9 Å². The predicted octanol–water partition coefficient (Wildman–Crippen LogP) is 13.6. The van der Waals surface area contributed by atoms with E-state index in [-0.39, 0.29) is 36.3 Å². The Balaban J connectivity index is 0.000000214. The molecule has 0 radical (unpaired) electrons. The average molecular weight is 1110 g/mol. The summed E-state index contributed by atoms with van der Waals surface area (Å²) in [6.07, 6.45) is 4.36. The third-order valence-electron chi connectivity index (χ3n) is 12.0. The van der Waals surface area contributed by atoms with Crippen LogP contribution in [0.3, 0.4) is 0 Å². The number of anilines is 3. The molecule has 12 nitrogen and oxygen atoms in total. The van der Waals surface area contributed by atoms with Crippen molar-refractivity contribution in [2.75, 3.05) is 4.90 Å². The van der Waals surface area contributed by atoms with Crippen LogP contribution in [-0.4, -0.2) is 43.1 Å². The molecule has 0 atom stereocenters. The summed E-state index contributed by atoms with van der Waals surface area (Å²) in [6.45, 7) is 9.25. The number of nitrogens with zero attached hydrogens (tertiary/aromatic N) is 8. The molecule has 0 amide bonds. The van der Waals surface area contributed by atoms with Crippen LogP contribution in [0.5, 0.6) is 11.5 Å². The summed E-state index contributed by atoms with van der Waals surface area (Å²) in [5, 5.41) is 15.4. The summed E-state index contributed by atoms with van der Waals surface area (Å²) in [7, 11) is 0. The maximum atomic E-state index is 12.9. The summed E-state index contributed by atoms with van der Waals surface area (Å²) in [4.78, 5) is 41.6. The van der Waals surface area contributed by atoms with Crippen molar-refractivity contribution in [3.05, 3.63) is 209 Å². The molecule has 0 fully saturated rings. The number of hydrogen-bond donors (Lipinski definition) is 0. The van der Waals surface area contributed by atoms with Crippen LogP contribution in [0.25, 0.3) is 62.9 Å². The fraction of sp³-hybridized carbons (Fsp3) is 0.103. The number of benzene rings is 4. The Bertz CT molecular complexity index is 3500. The van der Waals surface area contributed by atoms with Crippen LogP contribution < -0.4 is 19.5 Å². The first kappa shape index (κ1) is 54.2. The summed E-state index contributed by atoms with van der Waals surface area (Å²) in [6, 6.07) is 45.9. The van der Waals surface area contributed by atoms with Crippen LogP contribution in [0.15, 0.2) is 164 Å². The van der Waals surface area contributed by atoms with Gasteiger partial charge in [-0.15, -0.1) is 0 Å². The van der Waals surface area contributed by atoms with E-state index >= 15 is 0 Å². The second kappa shape index (κ2) is 23.9. The SMILES string of the molecule is CC1(C)c2ccccc2-c2ccc(/C=C/c3ccnc(-c4cc(OC=O)cc(-c5cc(OC=O)ccn5)n4)c3)cc21.Cc1ccc(N(c2ccc(C)cc2)c2ccnc(-c3cc(C(F)(F)F)n[n-]3)c2)cc1.[N-]=C=S.[Ru+2]. The van der Waals surface area contributed by atoms with Gasteiger partial charge in [-0.1, -0.05) is 122 Å². The molecule has 5 aromatic heterocycles. The van der Waals surface area contributed by atoms with Gasteiger partial charge in [0.15, 0.2) is 0 Å². The Morgan fingerprint density at radius 3 is 1.76 bits per heavy atom. The van der Waals surface area contributed by atoms with Gasteiger partial charge in [-0.3, -0.25) is 24.5 Å². The third kappa shape index (κ3) is 12.8. The van der Waals surface area contributed by atoms with E-state index in [2.05, 4.69) is 99.8 Å². The molecule has 374 valence electrons. The number of aryl methyl sites for hydroxylation is 2. The Morgan fingerprint density at radius 2 is 1.15 bits per heavy atom. The van der Waals surface area contributed by atoms with Gasteiger partial charge in [0.2, 0.25) is 0 Å². The molecule has 0 aliphatic heterocycles. The molecule has 4 aromatic carbocycles. The second-order valence-corrected chi connectivity index (χ2v) is 17.5. The van der Waals surface area contributed by atoms with Gasteiger partial charge in [0, 0.05) is 59.3 Å². The van der Waals surface area contributed by atoms with E-state index in [9.17, 15) is 22.8 Å². The normalized spacial score (nSPS) is 11.8. The van der Waals surface area contributed by atoms with Crippen LogP contribution in [0.2, 0.25) is 0 Å². The zero-order valence-corrected chi connectivity index (χ0v) is 43.1. The second-order valence-electron chi connectivity index (χ2n) is 17.3. The molecule has 0 saturated heterocycles. The number of fused-ring (bicyclic) bond motifs is 3. The van der Waals surface area contributed by atoms with Gasteiger partial charge in [0.1, 0.15) is 17.2 Å². The molecule has 0 unspecified atom stereocenters. The topological polar surface area (TPSA) is 157 Å². The van der Waals surface area contributed by atoms with Gasteiger partial charge in [-0.25, -0.2) is 4.98 Å². The first-order chi connectivity index (χ1) is 35.7. The van der Waals surface area contributed by atoms with Crippen molar-refractivity contribution in [1.82, 2.24) is 30.1 Å². The van der Waals surface area contributed by atoms with E-state index < -0.39 is 11.9 Å². The molecule has 0 bridgehead atoms. The van der Waals surface area contributed by atoms with Crippen LogP contribution >= 0.6 is 12.2 Å². The Hall–Kier alpha value is -8.62. The molecular formula is C58H43F3N8O4RuS. The summed E-state index contributed by atoms with van der Waals surface area (Å²) in [5.74, 6) is 0.604. The van der Waals surface area contributed by atoms with Crippen molar-refractivity contribution in [3.63, 3.8) is 0 Å². The predicted molar refractivity (Wildman–Crippen MR) is 283 cm³/mol. The number of alkyl halides is 3. The molecule has 9 aromatic rings. The maximum Gasteiger partial charge on any atom is 2.00 e. The van der Waals surface area contributed by atoms with Crippen molar-refractivity contribution in [1.29, 1.82) is 0 Å². The minimum Gasteiger partial charge on any atom is -0.753 e. The van der Waals surface area contributed by atoms with Gasteiger partial charge in [0.05, 0.1) is 28.5 Å². The number of isothiocyanates is 1. The summed E-state index contributed by atoms with van der Waals surface area (Å²) < 4.78 is 48.8. The molecule has 1 aliphatic carbocycles. The van der Waals surface area contributed by atoms with Crippen molar-refractivity contribution in [2.24, 2.45) is 0 Å². The minimum absolute atomic E-state index is 0. The van der Waals surface area contributed by atoms with Crippen molar-refractivity contribution in [3.8, 4) is 56.8 Å². The standard InChI is InChI=1S/C34H25N3O4.C23H18F3N4.CNS.Ru/c1-34(2)28-6-4-3-5-26(28)27-10-9-22(15-29(27)34)7-8-23-11-13-35-30(16-23)32-18-25(41-21-39)19-33(37-32)31-17-24(40-20-38)12-14-36-31;1-15-3-7-17(8-4-15)30(18-9-5-16(2)6-10-18)19-11-12-27-20(13-19)21-14-22(29-28-21)23(24,25)26;2-1-3;/h3-21H,1-2H3;3-14H,1-2H3;;/q;2*-1;+2/b8-7+;;;. The number of pyridine rings is 4. The first-order valence-electron chi connectivity index (χ1n) is 22.8. The van der Waals surface area contributed by atoms with Gasteiger partial charge in [0.25, 0.3) is 12.9 Å².